The number of rotatable bonds is 5. The number of hydrogen-bond donors (Lipinski definition) is 1. The fraction of sp³-hybridized carbons (Fsp3) is 0.227. The minimum Gasteiger partial charge on any atom is -0.496 e. The topological polar surface area (TPSA) is 70.6 Å². The number of methoxy groups -OCH3 is 1. The minimum absolute atomic E-state index is 0.0528. The third-order valence-electron chi connectivity index (χ3n) is 4.97. The van der Waals surface area contributed by atoms with Gasteiger partial charge in [-0.05, 0) is 30.3 Å². The zero-order valence-corrected chi connectivity index (χ0v) is 16.6. The molecule has 2 heterocycles. The number of amides is 1. The molecule has 0 bridgehead atoms. The number of carbonyl (C=O) groups excluding carboxylic acids is 1. The Morgan fingerprint density at radius 1 is 1.03 bits per heavy atom. The zero-order valence-electron chi connectivity index (χ0n) is 16.6. The summed E-state index contributed by atoms with van der Waals surface area (Å²) in [5, 5.41) is 2.98. The fourth-order valence-corrected chi connectivity index (χ4v) is 3.37. The van der Waals surface area contributed by atoms with E-state index in [4.69, 9.17) is 4.74 Å². The molecule has 1 fully saturated rings. The van der Waals surface area contributed by atoms with Gasteiger partial charge in [-0.2, -0.15) is 4.98 Å². The van der Waals surface area contributed by atoms with E-state index in [0.717, 1.165) is 0 Å². The normalized spacial score (nSPS) is 13.8. The fourth-order valence-electron chi connectivity index (χ4n) is 3.37. The molecular formula is C22H22FN5O2. The zero-order chi connectivity index (χ0) is 20.9. The highest BCUT2D eigenvalue weighted by molar-refractivity contribution is 5.97. The average Bonchev–Trinajstić information content (AvgIpc) is 2.80. The molecule has 0 spiro atoms. The lowest BCUT2D eigenvalue weighted by Crippen LogP contribution is -2.49. The molecule has 7 nitrogen and oxygen atoms in total. The number of hydrogen-bond acceptors (Lipinski definition) is 6. The number of benzene rings is 2. The van der Waals surface area contributed by atoms with Crippen LogP contribution in [0.5, 0.6) is 5.75 Å². The van der Waals surface area contributed by atoms with Gasteiger partial charge >= 0.3 is 0 Å². The maximum absolute atomic E-state index is 13.9. The van der Waals surface area contributed by atoms with Crippen molar-refractivity contribution in [2.24, 2.45) is 0 Å². The first-order valence-electron chi connectivity index (χ1n) is 9.67. The Morgan fingerprint density at radius 3 is 2.53 bits per heavy atom. The van der Waals surface area contributed by atoms with Gasteiger partial charge in [-0.3, -0.25) is 4.79 Å². The van der Waals surface area contributed by atoms with Crippen molar-refractivity contribution in [1.29, 1.82) is 0 Å². The molecule has 0 aliphatic carbocycles. The molecule has 1 N–H and O–H groups in total. The number of nitrogens with one attached hydrogen (secondary N) is 1. The van der Waals surface area contributed by atoms with Crippen molar-refractivity contribution in [2.45, 2.75) is 0 Å². The summed E-state index contributed by atoms with van der Waals surface area (Å²) in [6.45, 7) is 2.30. The summed E-state index contributed by atoms with van der Waals surface area (Å²) in [6.07, 6.45) is 1.64. The second-order valence-corrected chi connectivity index (χ2v) is 6.83. The van der Waals surface area contributed by atoms with E-state index < -0.39 is 0 Å². The van der Waals surface area contributed by atoms with Crippen molar-refractivity contribution in [2.75, 3.05) is 43.5 Å². The van der Waals surface area contributed by atoms with Crippen molar-refractivity contribution in [3.05, 3.63) is 72.2 Å². The van der Waals surface area contributed by atoms with Crippen LogP contribution < -0.4 is 15.0 Å². The van der Waals surface area contributed by atoms with Crippen LogP contribution in [-0.4, -0.2) is 54.1 Å². The van der Waals surface area contributed by atoms with E-state index in [9.17, 15) is 9.18 Å². The third-order valence-corrected chi connectivity index (χ3v) is 4.97. The van der Waals surface area contributed by atoms with Gasteiger partial charge in [0.2, 0.25) is 5.95 Å². The van der Waals surface area contributed by atoms with Crippen LogP contribution >= 0.6 is 0 Å². The molecule has 8 heteroatoms. The largest absolute Gasteiger partial charge is 0.496 e. The summed E-state index contributed by atoms with van der Waals surface area (Å²) in [5.41, 5.74) is 0.912. The number of carbonyl (C=O) groups is 1. The van der Waals surface area contributed by atoms with Gasteiger partial charge in [0.05, 0.1) is 18.4 Å². The van der Waals surface area contributed by atoms with Crippen molar-refractivity contribution >= 4 is 23.4 Å². The predicted molar refractivity (Wildman–Crippen MR) is 113 cm³/mol. The Labute approximate surface area is 174 Å². The van der Waals surface area contributed by atoms with E-state index >= 15 is 0 Å². The number of para-hydroxylation sites is 2. The second kappa shape index (κ2) is 8.77. The molecule has 1 saturated heterocycles. The van der Waals surface area contributed by atoms with Crippen LogP contribution in [0.4, 0.5) is 21.8 Å². The molecule has 0 saturated carbocycles. The van der Waals surface area contributed by atoms with E-state index in [0.29, 0.717) is 54.9 Å². The number of ether oxygens (including phenoxy) is 1. The van der Waals surface area contributed by atoms with Crippen LogP contribution in [0.2, 0.25) is 0 Å². The highest BCUT2D eigenvalue weighted by Gasteiger charge is 2.25. The van der Waals surface area contributed by atoms with Gasteiger partial charge < -0.3 is 19.9 Å². The first-order chi connectivity index (χ1) is 14.7. The average molecular weight is 407 g/mol. The summed E-state index contributed by atoms with van der Waals surface area (Å²) >= 11 is 0. The maximum Gasteiger partial charge on any atom is 0.257 e. The van der Waals surface area contributed by atoms with E-state index in [-0.39, 0.29) is 11.7 Å². The van der Waals surface area contributed by atoms with Gasteiger partial charge in [-0.1, -0.05) is 24.3 Å². The molecule has 30 heavy (non-hydrogen) atoms. The standard InChI is InChI=1S/C22H22FN5O2/c1-30-19-9-5-2-6-16(19)21(29)27-12-14-28(15-13-27)22-24-11-10-20(26-22)25-18-8-4-3-7-17(18)23/h2-11H,12-15H2,1H3,(H,24,25,26). The number of nitrogens with zero attached hydrogens (tertiary/aromatic N) is 4. The molecular weight excluding hydrogens is 385 g/mol. The highest BCUT2D eigenvalue weighted by atomic mass is 19.1. The first-order valence-corrected chi connectivity index (χ1v) is 9.67. The summed E-state index contributed by atoms with van der Waals surface area (Å²) in [5.74, 6) is 1.22. The monoisotopic (exact) mass is 407 g/mol. The maximum atomic E-state index is 13.9. The number of halogens is 1. The predicted octanol–water partition coefficient (Wildman–Crippen LogP) is 3.33. The quantitative estimate of drug-likeness (QED) is 0.700. The van der Waals surface area contributed by atoms with Gasteiger partial charge in [-0.15, -0.1) is 0 Å². The van der Waals surface area contributed by atoms with Crippen LogP contribution in [-0.2, 0) is 0 Å². The minimum atomic E-state index is -0.346. The van der Waals surface area contributed by atoms with Crippen LogP contribution in [0.1, 0.15) is 10.4 Å². The molecule has 154 valence electrons. The van der Waals surface area contributed by atoms with Gasteiger partial charge in [0.1, 0.15) is 17.4 Å². The van der Waals surface area contributed by atoms with Crippen LogP contribution in [0, 0.1) is 5.82 Å². The molecule has 1 aliphatic heterocycles. The van der Waals surface area contributed by atoms with Gasteiger partial charge in [-0.25, -0.2) is 9.37 Å². The Balaban J connectivity index is 1.42. The Kier molecular flexibility index (Phi) is 5.74. The SMILES string of the molecule is COc1ccccc1C(=O)N1CCN(c2nccc(Nc3ccccc3F)n2)CC1. The van der Waals surface area contributed by atoms with E-state index in [2.05, 4.69) is 15.3 Å². The summed E-state index contributed by atoms with van der Waals surface area (Å²) < 4.78 is 19.2. The molecule has 0 radical (unpaired) electrons. The van der Waals surface area contributed by atoms with E-state index in [1.807, 2.05) is 17.0 Å². The van der Waals surface area contributed by atoms with E-state index in [1.54, 1.807) is 54.6 Å². The Bertz CT molecular complexity index is 1040. The lowest BCUT2D eigenvalue weighted by Gasteiger charge is -2.35. The lowest BCUT2D eigenvalue weighted by atomic mass is 10.1. The smallest absolute Gasteiger partial charge is 0.257 e. The van der Waals surface area contributed by atoms with Gasteiger partial charge in [0, 0.05) is 32.4 Å². The Morgan fingerprint density at radius 2 is 1.77 bits per heavy atom. The molecule has 4 rings (SSSR count). The molecule has 0 unspecified atom stereocenters. The van der Waals surface area contributed by atoms with Crippen molar-refractivity contribution in [3.63, 3.8) is 0 Å². The molecule has 2 aromatic carbocycles. The summed E-state index contributed by atoms with van der Waals surface area (Å²) in [6, 6.07) is 15.4. The lowest BCUT2D eigenvalue weighted by molar-refractivity contribution is 0.0743. The van der Waals surface area contributed by atoms with Crippen molar-refractivity contribution < 1.29 is 13.9 Å². The molecule has 1 amide bonds. The Hall–Kier alpha value is -3.68. The second-order valence-electron chi connectivity index (χ2n) is 6.83. The number of piperazine rings is 1. The summed E-state index contributed by atoms with van der Waals surface area (Å²) in [4.78, 5) is 25.5. The van der Waals surface area contributed by atoms with Crippen LogP contribution in [0.3, 0.4) is 0 Å². The first kappa shape index (κ1) is 19.6. The summed E-state index contributed by atoms with van der Waals surface area (Å²) in [7, 11) is 1.56. The van der Waals surface area contributed by atoms with Crippen molar-refractivity contribution in [1.82, 2.24) is 14.9 Å². The van der Waals surface area contributed by atoms with Gasteiger partial charge in [0.25, 0.3) is 5.91 Å². The highest BCUT2D eigenvalue weighted by Crippen LogP contribution is 2.22. The molecule has 3 aromatic rings. The third kappa shape index (κ3) is 4.17. The van der Waals surface area contributed by atoms with Crippen molar-refractivity contribution in [3.8, 4) is 5.75 Å². The number of anilines is 3. The van der Waals surface area contributed by atoms with Crippen LogP contribution in [0.15, 0.2) is 60.8 Å². The van der Waals surface area contributed by atoms with Crippen LogP contribution in [0.25, 0.3) is 0 Å². The molecule has 1 aliphatic rings. The number of aromatic nitrogens is 2. The van der Waals surface area contributed by atoms with Gasteiger partial charge in [0.15, 0.2) is 0 Å². The molecule has 1 aromatic heterocycles. The molecule has 0 atom stereocenters. The van der Waals surface area contributed by atoms with E-state index in [1.165, 1.54) is 6.07 Å².